The van der Waals surface area contributed by atoms with E-state index in [1.165, 1.54) is 6.07 Å². The summed E-state index contributed by atoms with van der Waals surface area (Å²) in [5.41, 5.74) is 6.72. The SMILES string of the molecule is Nc1cc(Br)c(OCc2ccc(Cl)cc2F)c(Br)c1. The number of benzene rings is 2. The van der Waals surface area contributed by atoms with E-state index >= 15 is 0 Å². The largest absolute Gasteiger partial charge is 0.486 e. The van der Waals surface area contributed by atoms with Crippen molar-refractivity contribution in [3.05, 3.63) is 55.7 Å². The maximum Gasteiger partial charge on any atom is 0.148 e. The Kier molecular flexibility index (Phi) is 4.71. The molecule has 100 valence electrons. The summed E-state index contributed by atoms with van der Waals surface area (Å²) in [6.45, 7) is 0.101. The summed E-state index contributed by atoms with van der Waals surface area (Å²) in [6, 6.07) is 7.91. The van der Waals surface area contributed by atoms with Gasteiger partial charge in [0, 0.05) is 16.3 Å². The van der Waals surface area contributed by atoms with Crippen LogP contribution in [0, 0.1) is 5.82 Å². The summed E-state index contributed by atoms with van der Waals surface area (Å²) in [5.74, 6) is 0.179. The minimum Gasteiger partial charge on any atom is -0.486 e. The lowest BCUT2D eigenvalue weighted by molar-refractivity contribution is 0.296. The van der Waals surface area contributed by atoms with Crippen molar-refractivity contribution in [2.75, 3.05) is 5.73 Å². The molecule has 2 aromatic carbocycles. The average Bonchev–Trinajstić information content (AvgIpc) is 2.30. The number of ether oxygens (including phenoxy) is 1. The molecule has 0 fully saturated rings. The van der Waals surface area contributed by atoms with E-state index in [2.05, 4.69) is 31.9 Å². The van der Waals surface area contributed by atoms with Crippen LogP contribution in [0.25, 0.3) is 0 Å². The molecule has 0 amide bonds. The minimum atomic E-state index is -0.393. The predicted molar refractivity (Wildman–Crippen MR) is 82.0 cm³/mol. The van der Waals surface area contributed by atoms with Crippen LogP contribution >= 0.6 is 43.5 Å². The highest BCUT2D eigenvalue weighted by atomic mass is 79.9. The van der Waals surface area contributed by atoms with Gasteiger partial charge < -0.3 is 10.5 Å². The van der Waals surface area contributed by atoms with Crippen molar-refractivity contribution in [2.45, 2.75) is 6.61 Å². The Bertz CT molecular complexity index is 599. The molecule has 2 rings (SSSR count). The Morgan fingerprint density at radius 2 is 1.79 bits per heavy atom. The van der Waals surface area contributed by atoms with Gasteiger partial charge in [0.1, 0.15) is 18.2 Å². The number of nitrogens with two attached hydrogens (primary N) is 1. The second-order valence-corrected chi connectivity index (χ2v) is 5.98. The molecule has 2 aromatic rings. The Labute approximate surface area is 132 Å². The zero-order chi connectivity index (χ0) is 14.0. The molecular formula is C13H9Br2ClFNO. The van der Waals surface area contributed by atoms with E-state index in [1.807, 2.05) is 0 Å². The molecule has 0 aromatic heterocycles. The Balaban J connectivity index is 2.19. The van der Waals surface area contributed by atoms with Crippen LogP contribution in [0.5, 0.6) is 5.75 Å². The van der Waals surface area contributed by atoms with Crippen LogP contribution in [0.2, 0.25) is 5.02 Å². The van der Waals surface area contributed by atoms with Crippen LogP contribution in [0.3, 0.4) is 0 Å². The van der Waals surface area contributed by atoms with Gasteiger partial charge in [0.05, 0.1) is 8.95 Å². The van der Waals surface area contributed by atoms with Crippen molar-refractivity contribution in [1.29, 1.82) is 0 Å². The number of rotatable bonds is 3. The first-order valence-corrected chi connectivity index (χ1v) is 7.25. The van der Waals surface area contributed by atoms with Crippen LogP contribution in [0.4, 0.5) is 10.1 Å². The van der Waals surface area contributed by atoms with Crippen molar-refractivity contribution >= 4 is 49.1 Å². The quantitative estimate of drug-likeness (QED) is 0.711. The lowest BCUT2D eigenvalue weighted by Gasteiger charge is -2.11. The van der Waals surface area contributed by atoms with E-state index in [1.54, 1.807) is 24.3 Å². The zero-order valence-corrected chi connectivity index (χ0v) is 13.5. The fraction of sp³-hybridized carbons (Fsp3) is 0.0769. The summed E-state index contributed by atoms with van der Waals surface area (Å²) in [4.78, 5) is 0. The maximum atomic E-state index is 13.6. The lowest BCUT2D eigenvalue weighted by atomic mass is 10.2. The van der Waals surface area contributed by atoms with Crippen LogP contribution in [0.1, 0.15) is 5.56 Å². The highest BCUT2D eigenvalue weighted by molar-refractivity contribution is 9.11. The summed E-state index contributed by atoms with van der Waals surface area (Å²) in [7, 11) is 0. The highest BCUT2D eigenvalue weighted by Crippen LogP contribution is 2.36. The first-order valence-electron chi connectivity index (χ1n) is 5.28. The van der Waals surface area contributed by atoms with Crippen LogP contribution in [0.15, 0.2) is 39.3 Å². The van der Waals surface area contributed by atoms with Gasteiger partial charge in [0.15, 0.2) is 0 Å². The van der Waals surface area contributed by atoms with Crippen molar-refractivity contribution in [3.8, 4) is 5.75 Å². The lowest BCUT2D eigenvalue weighted by Crippen LogP contribution is -2.00. The van der Waals surface area contributed by atoms with E-state index in [9.17, 15) is 4.39 Å². The molecule has 0 aliphatic rings. The Hall–Kier alpha value is -0.780. The van der Waals surface area contributed by atoms with Crippen LogP contribution in [-0.2, 0) is 6.61 Å². The van der Waals surface area contributed by atoms with E-state index in [0.717, 1.165) is 0 Å². The molecule has 19 heavy (non-hydrogen) atoms. The van der Waals surface area contributed by atoms with Crippen molar-refractivity contribution < 1.29 is 9.13 Å². The monoisotopic (exact) mass is 407 g/mol. The molecule has 0 saturated heterocycles. The van der Waals surface area contributed by atoms with E-state index < -0.39 is 5.82 Å². The average molecular weight is 409 g/mol. The summed E-state index contributed by atoms with van der Waals surface area (Å²) < 4.78 is 20.6. The van der Waals surface area contributed by atoms with Gasteiger partial charge in [-0.05, 0) is 56.1 Å². The molecule has 0 heterocycles. The van der Waals surface area contributed by atoms with Gasteiger partial charge in [0.25, 0.3) is 0 Å². The number of hydrogen-bond acceptors (Lipinski definition) is 2. The molecule has 0 radical (unpaired) electrons. The first-order chi connectivity index (χ1) is 8.97. The van der Waals surface area contributed by atoms with E-state index in [0.29, 0.717) is 31.0 Å². The second-order valence-electron chi connectivity index (χ2n) is 3.84. The smallest absolute Gasteiger partial charge is 0.148 e. The highest BCUT2D eigenvalue weighted by Gasteiger charge is 2.10. The fourth-order valence-corrected chi connectivity index (χ4v) is 3.12. The molecule has 0 spiro atoms. The predicted octanol–water partition coefficient (Wildman–Crippen LogP) is 5.17. The number of nitrogen functional groups attached to an aromatic ring is 1. The molecule has 6 heteroatoms. The summed E-state index contributed by atoms with van der Waals surface area (Å²) >= 11 is 12.4. The van der Waals surface area contributed by atoms with Gasteiger partial charge in [-0.15, -0.1) is 0 Å². The molecule has 0 bridgehead atoms. The zero-order valence-electron chi connectivity index (χ0n) is 9.59. The second kappa shape index (κ2) is 6.11. The normalized spacial score (nSPS) is 10.5. The van der Waals surface area contributed by atoms with E-state index in [4.69, 9.17) is 22.1 Å². The summed E-state index contributed by atoms with van der Waals surface area (Å²) in [6.07, 6.45) is 0. The molecular weight excluding hydrogens is 400 g/mol. The van der Waals surface area contributed by atoms with Crippen molar-refractivity contribution in [1.82, 2.24) is 0 Å². The molecule has 0 unspecified atom stereocenters. The van der Waals surface area contributed by atoms with Gasteiger partial charge in [0.2, 0.25) is 0 Å². The molecule has 0 aliphatic heterocycles. The third-order valence-electron chi connectivity index (χ3n) is 2.41. The van der Waals surface area contributed by atoms with Gasteiger partial charge in [-0.25, -0.2) is 4.39 Å². The molecule has 2 N–H and O–H groups in total. The summed E-state index contributed by atoms with van der Waals surface area (Å²) in [5, 5.41) is 0.357. The third kappa shape index (κ3) is 3.61. The molecule has 0 aliphatic carbocycles. The van der Waals surface area contributed by atoms with Gasteiger partial charge in [-0.3, -0.25) is 0 Å². The van der Waals surface area contributed by atoms with Gasteiger partial charge in [-0.2, -0.15) is 0 Å². The van der Waals surface area contributed by atoms with Gasteiger partial charge in [-0.1, -0.05) is 17.7 Å². The first kappa shape index (κ1) is 14.6. The Morgan fingerprint density at radius 1 is 1.16 bits per heavy atom. The molecule has 2 nitrogen and oxygen atoms in total. The number of halogens is 4. The van der Waals surface area contributed by atoms with Crippen molar-refractivity contribution in [2.24, 2.45) is 0 Å². The van der Waals surface area contributed by atoms with Gasteiger partial charge >= 0.3 is 0 Å². The Morgan fingerprint density at radius 3 is 2.37 bits per heavy atom. The number of hydrogen-bond donors (Lipinski definition) is 1. The topological polar surface area (TPSA) is 35.2 Å². The molecule has 0 saturated carbocycles. The third-order valence-corrected chi connectivity index (χ3v) is 3.82. The van der Waals surface area contributed by atoms with Crippen molar-refractivity contribution in [3.63, 3.8) is 0 Å². The number of anilines is 1. The van der Waals surface area contributed by atoms with Crippen LogP contribution < -0.4 is 10.5 Å². The maximum absolute atomic E-state index is 13.6. The van der Waals surface area contributed by atoms with Crippen LogP contribution in [-0.4, -0.2) is 0 Å². The molecule has 0 atom stereocenters. The fourth-order valence-electron chi connectivity index (χ4n) is 1.51. The standard InChI is InChI=1S/C13H9Br2ClFNO/c14-10-4-9(18)5-11(15)13(10)19-6-7-1-2-8(16)3-12(7)17/h1-5H,6,18H2. The minimum absolute atomic E-state index is 0.101. The van der Waals surface area contributed by atoms with E-state index in [-0.39, 0.29) is 6.61 Å².